The SMILES string of the molecule is CC(O)(Cc1ccc(F)cc1)c1ccc(F)cc1. The molecule has 18 heavy (non-hydrogen) atoms. The fraction of sp³-hybridized carbons (Fsp3) is 0.200. The van der Waals surface area contributed by atoms with Crippen LogP contribution in [0.25, 0.3) is 0 Å². The third-order valence-electron chi connectivity index (χ3n) is 2.93. The average Bonchev–Trinajstić information content (AvgIpc) is 2.32. The number of hydrogen-bond donors (Lipinski definition) is 1. The molecule has 0 saturated heterocycles. The van der Waals surface area contributed by atoms with E-state index in [9.17, 15) is 13.9 Å². The number of hydrogen-bond acceptors (Lipinski definition) is 1. The molecular weight excluding hydrogens is 234 g/mol. The summed E-state index contributed by atoms with van der Waals surface area (Å²) >= 11 is 0. The summed E-state index contributed by atoms with van der Waals surface area (Å²) < 4.78 is 25.6. The lowest BCUT2D eigenvalue weighted by molar-refractivity contribution is 0.0575. The minimum absolute atomic E-state index is 0.305. The van der Waals surface area contributed by atoms with E-state index in [1.165, 1.54) is 24.3 Å². The van der Waals surface area contributed by atoms with Gasteiger partial charge in [-0.2, -0.15) is 0 Å². The van der Waals surface area contributed by atoms with Crippen molar-refractivity contribution in [2.24, 2.45) is 0 Å². The van der Waals surface area contributed by atoms with Gasteiger partial charge < -0.3 is 5.11 Å². The van der Waals surface area contributed by atoms with E-state index in [-0.39, 0.29) is 11.6 Å². The summed E-state index contributed by atoms with van der Waals surface area (Å²) in [5, 5.41) is 10.4. The second-order valence-electron chi connectivity index (χ2n) is 4.58. The molecule has 2 aromatic rings. The van der Waals surface area contributed by atoms with Gasteiger partial charge in [0.2, 0.25) is 0 Å². The largest absolute Gasteiger partial charge is 0.385 e. The summed E-state index contributed by atoms with van der Waals surface area (Å²) in [5.41, 5.74) is 0.352. The van der Waals surface area contributed by atoms with Crippen molar-refractivity contribution in [3.8, 4) is 0 Å². The van der Waals surface area contributed by atoms with E-state index < -0.39 is 5.60 Å². The minimum atomic E-state index is -1.11. The van der Waals surface area contributed by atoms with Gasteiger partial charge in [-0.15, -0.1) is 0 Å². The maximum Gasteiger partial charge on any atom is 0.123 e. The molecule has 1 N–H and O–H groups in total. The van der Waals surface area contributed by atoms with E-state index in [1.54, 1.807) is 31.2 Å². The minimum Gasteiger partial charge on any atom is -0.385 e. The molecule has 3 heteroatoms. The summed E-state index contributed by atoms with van der Waals surface area (Å²) in [7, 11) is 0. The van der Waals surface area contributed by atoms with Crippen LogP contribution < -0.4 is 0 Å². The Morgan fingerprint density at radius 3 is 1.83 bits per heavy atom. The molecule has 0 saturated carbocycles. The van der Waals surface area contributed by atoms with Gasteiger partial charge in [-0.3, -0.25) is 0 Å². The van der Waals surface area contributed by atoms with E-state index in [0.29, 0.717) is 12.0 Å². The van der Waals surface area contributed by atoms with Gasteiger partial charge in [0.15, 0.2) is 0 Å². The maximum atomic E-state index is 12.8. The first-order chi connectivity index (χ1) is 8.47. The van der Waals surface area contributed by atoms with Gasteiger partial charge in [0, 0.05) is 6.42 Å². The second-order valence-corrected chi connectivity index (χ2v) is 4.58. The monoisotopic (exact) mass is 248 g/mol. The highest BCUT2D eigenvalue weighted by atomic mass is 19.1. The summed E-state index contributed by atoms with van der Waals surface area (Å²) in [6, 6.07) is 11.7. The lowest BCUT2D eigenvalue weighted by atomic mass is 9.89. The fourth-order valence-corrected chi connectivity index (χ4v) is 1.91. The molecule has 94 valence electrons. The number of benzene rings is 2. The predicted octanol–water partition coefficient (Wildman–Crippen LogP) is 3.42. The first-order valence-corrected chi connectivity index (χ1v) is 5.70. The Balaban J connectivity index is 2.20. The zero-order valence-electron chi connectivity index (χ0n) is 10.0. The van der Waals surface area contributed by atoms with E-state index in [1.807, 2.05) is 0 Å². The average molecular weight is 248 g/mol. The Labute approximate surface area is 105 Å². The van der Waals surface area contributed by atoms with Crippen LogP contribution in [0.4, 0.5) is 8.78 Å². The van der Waals surface area contributed by atoms with Crippen LogP contribution in [0.1, 0.15) is 18.1 Å². The summed E-state index contributed by atoms with van der Waals surface area (Å²) in [6.07, 6.45) is 0.346. The van der Waals surface area contributed by atoms with Crippen molar-refractivity contribution >= 4 is 0 Å². The standard InChI is InChI=1S/C15H14F2O/c1-15(18,12-4-8-14(17)9-5-12)10-11-2-6-13(16)7-3-11/h2-9,18H,10H2,1H3. The van der Waals surface area contributed by atoms with Crippen molar-refractivity contribution in [3.05, 3.63) is 71.3 Å². The molecule has 1 nitrogen and oxygen atoms in total. The lowest BCUT2D eigenvalue weighted by Crippen LogP contribution is -2.24. The van der Waals surface area contributed by atoms with Crippen LogP contribution in [0.2, 0.25) is 0 Å². The van der Waals surface area contributed by atoms with Crippen molar-refractivity contribution in [2.45, 2.75) is 18.9 Å². The molecule has 0 bridgehead atoms. The molecule has 0 fully saturated rings. The summed E-state index contributed by atoms with van der Waals surface area (Å²) in [4.78, 5) is 0. The maximum absolute atomic E-state index is 12.8. The Hall–Kier alpha value is -1.74. The molecule has 0 aliphatic carbocycles. The molecule has 1 unspecified atom stereocenters. The zero-order valence-corrected chi connectivity index (χ0v) is 10.0. The molecular formula is C15H14F2O. The van der Waals surface area contributed by atoms with Gasteiger partial charge in [0.25, 0.3) is 0 Å². The van der Waals surface area contributed by atoms with Crippen LogP contribution in [0.15, 0.2) is 48.5 Å². The molecule has 0 radical (unpaired) electrons. The normalized spacial score (nSPS) is 14.2. The van der Waals surface area contributed by atoms with Crippen molar-refractivity contribution in [2.75, 3.05) is 0 Å². The van der Waals surface area contributed by atoms with Crippen molar-refractivity contribution in [1.82, 2.24) is 0 Å². The Kier molecular flexibility index (Phi) is 3.43. The van der Waals surface area contributed by atoms with Crippen molar-refractivity contribution in [3.63, 3.8) is 0 Å². The van der Waals surface area contributed by atoms with Gasteiger partial charge >= 0.3 is 0 Å². The van der Waals surface area contributed by atoms with Gasteiger partial charge in [-0.25, -0.2) is 8.78 Å². The summed E-state index contributed by atoms with van der Waals surface area (Å²) in [6.45, 7) is 1.66. The fourth-order valence-electron chi connectivity index (χ4n) is 1.91. The number of halogens is 2. The van der Waals surface area contributed by atoms with E-state index in [4.69, 9.17) is 0 Å². The van der Waals surface area contributed by atoms with Crippen LogP contribution in [0.5, 0.6) is 0 Å². The molecule has 0 aliphatic rings. The second kappa shape index (κ2) is 4.86. The van der Waals surface area contributed by atoms with Crippen LogP contribution in [0.3, 0.4) is 0 Å². The topological polar surface area (TPSA) is 20.2 Å². The number of aliphatic hydroxyl groups is 1. The number of rotatable bonds is 3. The van der Waals surface area contributed by atoms with Crippen LogP contribution in [-0.4, -0.2) is 5.11 Å². The molecule has 0 amide bonds. The highest BCUT2D eigenvalue weighted by molar-refractivity contribution is 5.26. The van der Waals surface area contributed by atoms with Crippen molar-refractivity contribution < 1.29 is 13.9 Å². The predicted molar refractivity (Wildman–Crippen MR) is 66.1 cm³/mol. The highest BCUT2D eigenvalue weighted by Crippen LogP contribution is 2.25. The molecule has 2 aromatic carbocycles. The van der Waals surface area contributed by atoms with E-state index in [2.05, 4.69) is 0 Å². The highest BCUT2D eigenvalue weighted by Gasteiger charge is 2.23. The van der Waals surface area contributed by atoms with E-state index >= 15 is 0 Å². The van der Waals surface area contributed by atoms with E-state index in [0.717, 1.165) is 5.56 Å². The first-order valence-electron chi connectivity index (χ1n) is 5.70. The zero-order chi connectivity index (χ0) is 13.2. The van der Waals surface area contributed by atoms with Crippen molar-refractivity contribution in [1.29, 1.82) is 0 Å². The first kappa shape index (κ1) is 12.7. The lowest BCUT2D eigenvalue weighted by Gasteiger charge is -2.24. The third-order valence-corrected chi connectivity index (χ3v) is 2.93. The molecule has 0 aromatic heterocycles. The Morgan fingerprint density at radius 1 is 0.889 bits per heavy atom. The smallest absolute Gasteiger partial charge is 0.123 e. The molecule has 0 spiro atoms. The van der Waals surface area contributed by atoms with Gasteiger partial charge in [0.1, 0.15) is 11.6 Å². The van der Waals surface area contributed by atoms with Crippen LogP contribution in [0, 0.1) is 11.6 Å². The molecule has 2 rings (SSSR count). The Morgan fingerprint density at radius 2 is 1.33 bits per heavy atom. The van der Waals surface area contributed by atoms with Crippen LogP contribution >= 0.6 is 0 Å². The van der Waals surface area contributed by atoms with Crippen LogP contribution in [-0.2, 0) is 12.0 Å². The van der Waals surface area contributed by atoms with Gasteiger partial charge in [-0.1, -0.05) is 24.3 Å². The van der Waals surface area contributed by atoms with Gasteiger partial charge in [0.05, 0.1) is 5.60 Å². The molecule has 0 heterocycles. The quantitative estimate of drug-likeness (QED) is 0.882. The molecule has 0 aliphatic heterocycles. The molecule has 1 atom stereocenters. The third kappa shape index (κ3) is 2.93. The summed E-state index contributed by atoms with van der Waals surface area (Å²) in [5.74, 6) is -0.642. The Bertz CT molecular complexity index is 515. The van der Waals surface area contributed by atoms with Gasteiger partial charge in [-0.05, 0) is 42.3 Å².